The lowest BCUT2D eigenvalue weighted by Gasteiger charge is -2.20. The number of ether oxygens (including phenoxy) is 6. The molecule has 0 aliphatic heterocycles. The summed E-state index contributed by atoms with van der Waals surface area (Å²) in [5.74, 6) is -0.355. The number of fused-ring (bicyclic) bond motifs is 1. The van der Waals surface area contributed by atoms with E-state index >= 15 is 0 Å². The Balaban J connectivity index is 1.81. The highest BCUT2D eigenvalue weighted by molar-refractivity contribution is 7.99. The fourth-order valence-corrected chi connectivity index (χ4v) is 4.57. The van der Waals surface area contributed by atoms with Gasteiger partial charge in [0.15, 0.2) is 22.0 Å². The molecule has 12 nitrogen and oxygen atoms in total. The van der Waals surface area contributed by atoms with Crippen LogP contribution >= 0.6 is 11.8 Å². The van der Waals surface area contributed by atoms with Crippen LogP contribution in [-0.4, -0.2) is 69.6 Å². The van der Waals surface area contributed by atoms with Crippen LogP contribution in [-0.2, 0) is 19.1 Å². The largest absolute Gasteiger partial charge is 0.492 e. The van der Waals surface area contributed by atoms with Crippen LogP contribution in [0.15, 0.2) is 55.6 Å². The molecule has 0 fully saturated rings. The van der Waals surface area contributed by atoms with Crippen LogP contribution in [0.3, 0.4) is 0 Å². The van der Waals surface area contributed by atoms with E-state index in [-0.39, 0.29) is 47.2 Å². The minimum Gasteiger partial charge on any atom is -0.492 e. The van der Waals surface area contributed by atoms with Gasteiger partial charge in [-0.15, -0.1) is 0 Å². The molecule has 3 aromatic rings. The van der Waals surface area contributed by atoms with E-state index in [0.29, 0.717) is 21.5 Å². The number of amides is 1. The van der Waals surface area contributed by atoms with Crippen LogP contribution in [0.1, 0.15) is 27.7 Å². The third kappa shape index (κ3) is 8.32. The van der Waals surface area contributed by atoms with E-state index in [0.717, 1.165) is 4.90 Å². The second kappa shape index (κ2) is 15.0. The molecule has 13 heteroatoms. The standard InChI is InChI=1S/C29H33NO11S/c1-7-37-23(32)15-30(16-24(33)38-8-2)29(34)40-18-9-11-19(12-10-18)42-25-13-20(31)26-21(41-25)14-22(39-17(3)4)27(35-5)28(26)36-6/h9-14,17H,7-8,15-16H2,1-6H3. The van der Waals surface area contributed by atoms with Gasteiger partial charge in [0.2, 0.25) is 5.75 Å². The van der Waals surface area contributed by atoms with Crippen molar-refractivity contribution in [3.8, 4) is 23.0 Å². The molecule has 0 unspecified atom stereocenters. The fourth-order valence-electron chi connectivity index (χ4n) is 3.77. The molecule has 0 bridgehead atoms. The molecule has 0 spiro atoms. The number of carbonyl (C=O) groups is 3. The lowest BCUT2D eigenvalue weighted by atomic mass is 10.1. The van der Waals surface area contributed by atoms with Crippen molar-refractivity contribution in [3.05, 3.63) is 46.6 Å². The van der Waals surface area contributed by atoms with Crippen molar-refractivity contribution in [2.75, 3.05) is 40.5 Å². The maximum absolute atomic E-state index is 13.1. The Morgan fingerprint density at radius 3 is 2.02 bits per heavy atom. The Morgan fingerprint density at radius 1 is 0.905 bits per heavy atom. The maximum Gasteiger partial charge on any atom is 0.416 e. The quantitative estimate of drug-likeness (QED) is 0.251. The van der Waals surface area contributed by atoms with Crippen LogP contribution in [0.5, 0.6) is 23.0 Å². The topological polar surface area (TPSA) is 140 Å². The van der Waals surface area contributed by atoms with Gasteiger partial charge in [0, 0.05) is 17.0 Å². The minimum absolute atomic E-state index is 0.117. The number of carbonyl (C=O) groups excluding carboxylic acids is 3. The van der Waals surface area contributed by atoms with E-state index in [1.54, 1.807) is 32.0 Å². The SMILES string of the molecule is CCOC(=O)CN(CC(=O)OCC)C(=O)Oc1ccc(Sc2cc(=O)c3c(OC)c(OC)c(OC(C)C)cc3o2)cc1. The first-order valence-corrected chi connectivity index (χ1v) is 13.9. The lowest BCUT2D eigenvalue weighted by molar-refractivity contribution is -0.147. The van der Waals surface area contributed by atoms with Crippen LogP contribution in [0.4, 0.5) is 4.79 Å². The molecule has 0 N–H and O–H groups in total. The number of hydrogen-bond acceptors (Lipinski definition) is 12. The highest BCUT2D eigenvalue weighted by Crippen LogP contribution is 2.43. The van der Waals surface area contributed by atoms with Crippen molar-refractivity contribution in [1.82, 2.24) is 4.90 Å². The van der Waals surface area contributed by atoms with Gasteiger partial charge in [0.1, 0.15) is 29.8 Å². The minimum atomic E-state index is -0.930. The third-order valence-corrected chi connectivity index (χ3v) is 6.31. The summed E-state index contributed by atoms with van der Waals surface area (Å²) in [4.78, 5) is 51.2. The Labute approximate surface area is 246 Å². The lowest BCUT2D eigenvalue weighted by Crippen LogP contribution is -2.42. The number of rotatable bonds is 13. The number of esters is 2. The zero-order valence-corrected chi connectivity index (χ0v) is 25.0. The zero-order chi connectivity index (χ0) is 30.8. The highest BCUT2D eigenvalue weighted by Gasteiger charge is 2.24. The van der Waals surface area contributed by atoms with Crippen molar-refractivity contribution in [2.24, 2.45) is 0 Å². The molecular formula is C29H33NO11S. The number of benzene rings is 2. The van der Waals surface area contributed by atoms with Crippen molar-refractivity contribution in [2.45, 2.75) is 43.8 Å². The van der Waals surface area contributed by atoms with Crippen LogP contribution in [0.2, 0.25) is 0 Å². The summed E-state index contributed by atoms with van der Waals surface area (Å²) >= 11 is 1.17. The predicted octanol–water partition coefficient (Wildman–Crippen LogP) is 4.68. The normalized spacial score (nSPS) is 10.7. The summed E-state index contributed by atoms with van der Waals surface area (Å²) < 4.78 is 37.9. The van der Waals surface area contributed by atoms with Crippen LogP contribution in [0, 0.1) is 0 Å². The second-order valence-corrected chi connectivity index (χ2v) is 9.90. The molecule has 0 saturated carbocycles. The smallest absolute Gasteiger partial charge is 0.416 e. The van der Waals surface area contributed by atoms with Gasteiger partial charge in [0.05, 0.1) is 33.5 Å². The maximum atomic E-state index is 13.1. The number of methoxy groups -OCH3 is 2. The Hall–Kier alpha value is -4.39. The third-order valence-electron chi connectivity index (χ3n) is 5.40. The number of nitrogens with zero attached hydrogens (tertiary/aromatic N) is 1. The second-order valence-electron chi connectivity index (χ2n) is 8.82. The molecule has 2 aromatic carbocycles. The van der Waals surface area contributed by atoms with Gasteiger partial charge in [-0.3, -0.25) is 19.3 Å². The number of hydrogen-bond donors (Lipinski definition) is 0. The van der Waals surface area contributed by atoms with Gasteiger partial charge < -0.3 is 32.8 Å². The van der Waals surface area contributed by atoms with Crippen molar-refractivity contribution < 1.29 is 47.2 Å². The molecule has 0 saturated heterocycles. The van der Waals surface area contributed by atoms with E-state index < -0.39 is 31.1 Å². The molecule has 0 aliphatic carbocycles. The van der Waals surface area contributed by atoms with Crippen LogP contribution in [0.25, 0.3) is 11.0 Å². The summed E-state index contributed by atoms with van der Waals surface area (Å²) in [6, 6.07) is 9.28. The molecule has 1 heterocycles. The van der Waals surface area contributed by atoms with Gasteiger partial charge in [0.25, 0.3) is 0 Å². The molecule has 0 radical (unpaired) electrons. The van der Waals surface area contributed by atoms with Gasteiger partial charge in [-0.25, -0.2) is 4.79 Å². The highest BCUT2D eigenvalue weighted by atomic mass is 32.2. The summed E-state index contributed by atoms with van der Waals surface area (Å²) in [5.41, 5.74) is -0.0778. The molecule has 0 aliphatic rings. The average molecular weight is 604 g/mol. The molecule has 3 rings (SSSR count). The molecule has 1 aromatic heterocycles. The molecule has 0 atom stereocenters. The average Bonchev–Trinajstić information content (AvgIpc) is 2.92. The predicted molar refractivity (Wildman–Crippen MR) is 153 cm³/mol. The Bertz CT molecular complexity index is 1450. The van der Waals surface area contributed by atoms with E-state index in [1.807, 2.05) is 13.8 Å². The molecule has 1 amide bonds. The fraction of sp³-hybridized carbons (Fsp3) is 0.379. The Kier molecular flexibility index (Phi) is 11.5. The summed E-state index contributed by atoms with van der Waals surface area (Å²) in [6.45, 7) is 6.23. The molecular weight excluding hydrogens is 570 g/mol. The van der Waals surface area contributed by atoms with Crippen molar-refractivity contribution in [3.63, 3.8) is 0 Å². The first-order chi connectivity index (χ1) is 20.1. The van der Waals surface area contributed by atoms with Gasteiger partial charge in [-0.1, -0.05) is 11.8 Å². The van der Waals surface area contributed by atoms with E-state index in [9.17, 15) is 19.2 Å². The summed E-state index contributed by atoms with van der Waals surface area (Å²) in [7, 11) is 2.89. The van der Waals surface area contributed by atoms with E-state index in [1.165, 1.54) is 44.2 Å². The van der Waals surface area contributed by atoms with Crippen molar-refractivity contribution in [1.29, 1.82) is 0 Å². The first-order valence-electron chi connectivity index (χ1n) is 13.0. The zero-order valence-electron chi connectivity index (χ0n) is 24.2. The van der Waals surface area contributed by atoms with Gasteiger partial charge in [-0.05, 0) is 52.0 Å². The van der Waals surface area contributed by atoms with E-state index in [4.69, 9.17) is 32.8 Å². The monoisotopic (exact) mass is 603 g/mol. The summed E-state index contributed by atoms with van der Waals surface area (Å²) in [6.07, 6.45) is -1.10. The van der Waals surface area contributed by atoms with Gasteiger partial charge >= 0.3 is 18.0 Å². The summed E-state index contributed by atoms with van der Waals surface area (Å²) in [5, 5.41) is 0.516. The van der Waals surface area contributed by atoms with Gasteiger partial charge in [-0.2, -0.15) is 0 Å². The first kappa shape index (κ1) is 32.1. The Morgan fingerprint density at radius 2 is 1.50 bits per heavy atom. The van der Waals surface area contributed by atoms with Crippen molar-refractivity contribution >= 4 is 40.8 Å². The van der Waals surface area contributed by atoms with Crippen LogP contribution < -0.4 is 24.4 Å². The molecule has 226 valence electrons. The molecule has 42 heavy (non-hydrogen) atoms. The van der Waals surface area contributed by atoms with E-state index in [2.05, 4.69) is 0 Å².